The number of hydrogen-bond acceptors (Lipinski definition) is 4. The van der Waals surface area contributed by atoms with E-state index in [4.69, 9.17) is 9.72 Å². The molecule has 148 valence electrons. The van der Waals surface area contributed by atoms with Crippen LogP contribution in [-0.2, 0) is 0 Å². The smallest absolute Gasteiger partial charge is 0.260 e. The molecule has 1 N–H and O–H groups in total. The molecule has 0 saturated heterocycles. The van der Waals surface area contributed by atoms with E-state index in [0.717, 1.165) is 39.6 Å². The van der Waals surface area contributed by atoms with Gasteiger partial charge in [0.05, 0.1) is 32.4 Å². The number of rotatable bonds is 7. The number of aromatic nitrogens is 1. The average molecular weight is 399 g/mol. The number of nitrogens with zero attached hydrogens (tertiary/aromatic N) is 2. The van der Waals surface area contributed by atoms with Gasteiger partial charge in [0.2, 0.25) is 0 Å². The molecule has 5 nitrogen and oxygen atoms in total. The second-order valence-corrected chi connectivity index (χ2v) is 8.38. The lowest BCUT2D eigenvalue weighted by molar-refractivity contribution is -0.858. The van der Waals surface area contributed by atoms with Crippen LogP contribution in [0.4, 0.5) is 5.13 Å². The van der Waals surface area contributed by atoms with E-state index >= 15 is 0 Å². The first-order valence-electron chi connectivity index (χ1n) is 9.52. The third-order valence-corrected chi connectivity index (χ3v) is 5.92. The fraction of sp³-hybridized carbons (Fsp3) is 0.364. The van der Waals surface area contributed by atoms with Crippen LogP contribution in [0.15, 0.2) is 36.4 Å². The average Bonchev–Trinajstić information content (AvgIpc) is 3.10. The molecule has 6 heteroatoms. The first-order valence-corrected chi connectivity index (χ1v) is 10.3. The Kier molecular flexibility index (Phi) is 6.31. The van der Waals surface area contributed by atoms with Crippen LogP contribution >= 0.6 is 11.3 Å². The molecule has 0 aliphatic carbocycles. The minimum atomic E-state index is -0.00474. The molecule has 28 heavy (non-hydrogen) atoms. The number of fused-ring (bicyclic) bond motifs is 1. The fourth-order valence-corrected chi connectivity index (χ4v) is 4.10. The van der Waals surface area contributed by atoms with Crippen molar-refractivity contribution in [3.05, 3.63) is 53.1 Å². The van der Waals surface area contributed by atoms with Crippen LogP contribution in [0.3, 0.4) is 0 Å². The number of carbonyl (C=O) groups excluding carboxylic acids is 1. The zero-order valence-electron chi connectivity index (χ0n) is 17.2. The molecule has 0 aliphatic heterocycles. The summed E-state index contributed by atoms with van der Waals surface area (Å²) in [4.78, 5) is 21.3. The Balaban J connectivity index is 1.98. The van der Waals surface area contributed by atoms with E-state index in [1.54, 1.807) is 7.11 Å². The van der Waals surface area contributed by atoms with Crippen LogP contribution in [-0.4, -0.2) is 45.2 Å². The number of methoxy groups -OCH3 is 1. The zero-order valence-corrected chi connectivity index (χ0v) is 18.0. The SMILES string of the molecule is COc1cccc2sc(N(CCC[NH+](C)C)C(=O)c3ccc(C)c(C)c3)nc12. The highest BCUT2D eigenvalue weighted by molar-refractivity contribution is 7.22. The number of nitrogens with one attached hydrogen (secondary N) is 1. The van der Waals surface area contributed by atoms with Crippen LogP contribution in [0.2, 0.25) is 0 Å². The van der Waals surface area contributed by atoms with E-state index in [0.29, 0.717) is 12.1 Å². The Morgan fingerprint density at radius 1 is 1.18 bits per heavy atom. The molecule has 0 spiro atoms. The first-order chi connectivity index (χ1) is 13.4. The van der Waals surface area contributed by atoms with Crippen molar-refractivity contribution in [2.45, 2.75) is 20.3 Å². The number of carbonyl (C=O) groups is 1. The molecule has 1 amide bonds. The summed E-state index contributed by atoms with van der Waals surface area (Å²) in [5.41, 5.74) is 3.81. The summed E-state index contributed by atoms with van der Waals surface area (Å²) in [7, 11) is 5.89. The number of aryl methyl sites for hydroxylation is 2. The minimum Gasteiger partial charge on any atom is -0.494 e. The third kappa shape index (κ3) is 4.34. The van der Waals surface area contributed by atoms with Gasteiger partial charge in [0, 0.05) is 18.5 Å². The Morgan fingerprint density at radius 3 is 2.64 bits per heavy atom. The van der Waals surface area contributed by atoms with Crippen LogP contribution < -0.4 is 14.5 Å². The summed E-state index contributed by atoms with van der Waals surface area (Å²) in [6.45, 7) is 5.72. The van der Waals surface area contributed by atoms with E-state index in [-0.39, 0.29) is 5.91 Å². The second-order valence-electron chi connectivity index (χ2n) is 7.37. The van der Waals surface area contributed by atoms with E-state index < -0.39 is 0 Å². The van der Waals surface area contributed by atoms with E-state index in [1.807, 2.05) is 48.2 Å². The Morgan fingerprint density at radius 2 is 1.96 bits per heavy atom. The number of thiazole rings is 1. The van der Waals surface area contributed by atoms with Crippen molar-refractivity contribution < 1.29 is 14.4 Å². The molecule has 0 saturated carbocycles. The standard InChI is InChI=1S/C22H27N3O2S/c1-15-10-11-17(14-16(15)2)21(26)25(13-7-12-24(3)4)22-23-20-18(27-5)8-6-9-19(20)28-22/h6,8-11,14H,7,12-13H2,1-5H3/p+1. The van der Waals surface area contributed by atoms with Crippen LogP contribution in [0.5, 0.6) is 5.75 Å². The predicted molar refractivity (Wildman–Crippen MR) is 116 cm³/mol. The Labute approximate surface area is 170 Å². The molecule has 0 unspecified atom stereocenters. The Hall–Kier alpha value is -2.44. The number of amides is 1. The molecule has 3 aromatic rings. The molecule has 2 aromatic carbocycles. The zero-order chi connectivity index (χ0) is 20.3. The van der Waals surface area contributed by atoms with Crippen molar-refractivity contribution in [2.24, 2.45) is 0 Å². The van der Waals surface area contributed by atoms with E-state index in [9.17, 15) is 4.79 Å². The molecular formula is C22H28N3O2S+. The maximum Gasteiger partial charge on any atom is 0.260 e. The van der Waals surface area contributed by atoms with Gasteiger partial charge in [0.1, 0.15) is 11.3 Å². The lowest BCUT2D eigenvalue weighted by Crippen LogP contribution is -3.05. The number of ether oxygens (including phenoxy) is 1. The molecule has 3 rings (SSSR count). The van der Waals surface area contributed by atoms with Gasteiger partial charge in [-0.3, -0.25) is 9.69 Å². The minimum absolute atomic E-state index is 0.00474. The maximum absolute atomic E-state index is 13.4. The van der Waals surface area contributed by atoms with Crippen LogP contribution in [0, 0.1) is 13.8 Å². The van der Waals surface area contributed by atoms with Gasteiger partial charge in [-0.1, -0.05) is 23.5 Å². The number of hydrogen-bond donors (Lipinski definition) is 1. The van der Waals surface area contributed by atoms with Gasteiger partial charge in [-0.05, 0) is 49.2 Å². The summed E-state index contributed by atoms with van der Waals surface area (Å²) in [5.74, 6) is 0.728. The number of quaternary nitrogens is 1. The van der Waals surface area contributed by atoms with Crippen molar-refractivity contribution in [2.75, 3.05) is 39.2 Å². The fourth-order valence-electron chi connectivity index (χ4n) is 3.10. The van der Waals surface area contributed by atoms with Crippen LogP contribution in [0.25, 0.3) is 10.2 Å². The second kappa shape index (κ2) is 8.71. The van der Waals surface area contributed by atoms with Crippen molar-refractivity contribution >= 4 is 32.6 Å². The molecule has 1 heterocycles. The molecule has 0 aliphatic rings. The lowest BCUT2D eigenvalue weighted by atomic mass is 10.1. The predicted octanol–water partition coefficient (Wildman–Crippen LogP) is 3.10. The molecule has 0 fully saturated rings. The summed E-state index contributed by atoms with van der Waals surface area (Å²) < 4.78 is 6.46. The van der Waals surface area contributed by atoms with Gasteiger partial charge in [0.15, 0.2) is 5.13 Å². The van der Waals surface area contributed by atoms with Gasteiger partial charge in [-0.15, -0.1) is 0 Å². The van der Waals surface area contributed by atoms with Crippen LogP contribution in [0.1, 0.15) is 27.9 Å². The van der Waals surface area contributed by atoms with E-state index in [2.05, 4.69) is 21.0 Å². The van der Waals surface area contributed by atoms with Gasteiger partial charge in [0.25, 0.3) is 5.91 Å². The molecule has 0 atom stereocenters. The lowest BCUT2D eigenvalue weighted by Gasteiger charge is -2.21. The van der Waals surface area contributed by atoms with E-state index in [1.165, 1.54) is 21.8 Å². The van der Waals surface area contributed by atoms with Crippen molar-refractivity contribution in [3.63, 3.8) is 0 Å². The summed E-state index contributed by atoms with van der Waals surface area (Å²) in [5, 5.41) is 0.719. The highest BCUT2D eigenvalue weighted by Crippen LogP contribution is 2.34. The van der Waals surface area contributed by atoms with Crippen molar-refractivity contribution in [3.8, 4) is 5.75 Å². The molecule has 0 bridgehead atoms. The molecule has 1 aromatic heterocycles. The monoisotopic (exact) mass is 398 g/mol. The summed E-state index contributed by atoms with van der Waals surface area (Å²) >= 11 is 1.53. The highest BCUT2D eigenvalue weighted by atomic mass is 32.1. The largest absolute Gasteiger partial charge is 0.494 e. The van der Waals surface area contributed by atoms with Gasteiger partial charge >= 0.3 is 0 Å². The first kappa shape index (κ1) is 20.3. The normalized spacial score (nSPS) is 11.2. The van der Waals surface area contributed by atoms with Gasteiger partial charge in [-0.2, -0.15) is 0 Å². The Bertz CT molecular complexity index is 981. The van der Waals surface area contributed by atoms with Gasteiger partial charge < -0.3 is 9.64 Å². The quantitative estimate of drug-likeness (QED) is 0.665. The molecular weight excluding hydrogens is 370 g/mol. The third-order valence-electron chi connectivity index (χ3n) is 4.88. The molecule has 0 radical (unpaired) electrons. The van der Waals surface area contributed by atoms with Gasteiger partial charge in [-0.25, -0.2) is 4.98 Å². The summed E-state index contributed by atoms with van der Waals surface area (Å²) in [6.07, 6.45) is 0.909. The number of para-hydroxylation sites is 1. The number of anilines is 1. The maximum atomic E-state index is 13.4. The summed E-state index contributed by atoms with van der Waals surface area (Å²) in [6, 6.07) is 11.7. The highest BCUT2D eigenvalue weighted by Gasteiger charge is 2.22. The van der Waals surface area contributed by atoms with Crippen molar-refractivity contribution in [1.82, 2.24) is 4.98 Å². The topological polar surface area (TPSA) is 46.9 Å². The van der Waals surface area contributed by atoms with Crippen molar-refractivity contribution in [1.29, 1.82) is 0 Å². The number of benzene rings is 2.